The first-order valence-corrected chi connectivity index (χ1v) is 50.4. The number of fused-ring (bicyclic) bond motifs is 3. The van der Waals surface area contributed by atoms with Crippen molar-refractivity contribution in [2.45, 2.75) is 203 Å². The van der Waals surface area contributed by atoms with E-state index in [0.717, 1.165) is 75.7 Å². The summed E-state index contributed by atoms with van der Waals surface area (Å²) >= 11 is 0. The number of carbonyl (C=O) groups is 2. The van der Waals surface area contributed by atoms with Crippen molar-refractivity contribution in [1.29, 1.82) is 0 Å². The minimum absolute atomic E-state index is 0.0103. The van der Waals surface area contributed by atoms with Crippen LogP contribution in [0.4, 0.5) is 57.7 Å². The van der Waals surface area contributed by atoms with E-state index >= 15 is 0 Å². The van der Waals surface area contributed by atoms with Crippen LogP contribution in [0.5, 0.6) is 34.9 Å². The lowest BCUT2D eigenvalue weighted by Crippen LogP contribution is -2.51. The molecule has 3 saturated carbocycles. The third kappa shape index (κ3) is 24.6. The molecule has 12 aromatic rings. The third-order valence-electron chi connectivity index (χ3n) is 23.6. The van der Waals surface area contributed by atoms with Crippen molar-refractivity contribution in [1.82, 2.24) is 60.0 Å². The van der Waals surface area contributed by atoms with Crippen LogP contribution in [-0.2, 0) is 38.6 Å². The molecule has 38 heteroatoms. The van der Waals surface area contributed by atoms with Crippen molar-refractivity contribution >= 4 is 119 Å². The van der Waals surface area contributed by atoms with Crippen LogP contribution in [0.3, 0.4) is 0 Å². The fraction of sp³-hybridized carbons (Fsp3) is 0.392. The molecule has 135 heavy (non-hydrogen) atoms. The lowest BCUT2D eigenvalue weighted by atomic mass is 10.0. The Balaban J connectivity index is 0.000000148. The van der Waals surface area contributed by atoms with Gasteiger partial charge in [-0.2, -0.15) is 0 Å². The summed E-state index contributed by atoms with van der Waals surface area (Å²) in [7, 11) is -5.15. The monoisotopic (exact) mass is 1920 g/mol. The predicted octanol–water partition coefficient (Wildman–Crippen LogP) is 19.3. The number of carbonyl (C=O) groups excluding carboxylic acids is 2. The Kier molecular flexibility index (Phi) is 30.0. The second-order valence-electron chi connectivity index (χ2n) is 36.4. The number of hydrogen-bond donors (Lipinski definition) is 7. The van der Waals surface area contributed by atoms with E-state index in [4.69, 9.17) is 40.1 Å². The van der Waals surface area contributed by atoms with Crippen molar-refractivity contribution in [2.75, 3.05) is 70.4 Å². The number of benzene rings is 6. The van der Waals surface area contributed by atoms with E-state index in [1.807, 2.05) is 118 Å². The minimum Gasteiger partial charge on any atom is -0.444 e. The van der Waals surface area contributed by atoms with Crippen molar-refractivity contribution in [3.8, 4) is 68.7 Å². The molecule has 2 amide bonds. The van der Waals surface area contributed by atoms with Gasteiger partial charge in [0, 0.05) is 149 Å². The van der Waals surface area contributed by atoms with Gasteiger partial charge in [0.05, 0.1) is 74.0 Å². The fourth-order valence-electron chi connectivity index (χ4n) is 16.4. The summed E-state index contributed by atoms with van der Waals surface area (Å²) in [5.41, 5.74) is 12.6. The quantitative estimate of drug-likeness (QED) is 0.0245. The largest absolute Gasteiger partial charge is 0.444 e. The van der Waals surface area contributed by atoms with Crippen LogP contribution < -0.4 is 50.7 Å². The molecule has 6 aromatic heterocycles. The molecule has 0 spiro atoms. The van der Waals surface area contributed by atoms with Crippen LogP contribution in [0.2, 0.25) is 0 Å². The van der Waals surface area contributed by atoms with Crippen molar-refractivity contribution < 1.29 is 71.7 Å². The fourth-order valence-corrected chi connectivity index (χ4v) is 21.0. The van der Waals surface area contributed by atoms with Gasteiger partial charge in [0.15, 0.2) is 0 Å². The first-order valence-electron chi connectivity index (χ1n) is 45.0. The lowest BCUT2D eigenvalue weighted by molar-refractivity contribution is 0.0117. The first kappa shape index (κ1) is 97.0. The van der Waals surface area contributed by atoms with E-state index in [1.54, 1.807) is 127 Å². The molecule has 6 atom stereocenters. The van der Waals surface area contributed by atoms with Crippen LogP contribution in [0.25, 0.3) is 66.1 Å². The Morgan fingerprint density at radius 3 is 1.10 bits per heavy atom. The van der Waals surface area contributed by atoms with Gasteiger partial charge in [0.1, 0.15) is 47.0 Å². The summed E-state index contributed by atoms with van der Waals surface area (Å²) in [5, 5.41) is 16.4. The number of nitrogens with zero attached hydrogens (tertiary/aromatic N) is 11. The number of alkyl halides is 3. The maximum absolute atomic E-state index is 14.7. The number of anilines is 6. The second-order valence-corrected chi connectivity index (χ2v) is 43.3. The van der Waals surface area contributed by atoms with Gasteiger partial charge in [0.25, 0.3) is 0 Å². The summed E-state index contributed by atoms with van der Waals surface area (Å²) in [5.74, 6) is 3.79. The highest BCUT2D eigenvalue weighted by atomic mass is 35.7. The minimum atomic E-state index is -3.50. The molecule has 0 radical (unpaired) electrons. The Hall–Kier alpha value is -12.6. The normalized spacial score (nSPS) is 18.9. The Morgan fingerprint density at radius 2 is 0.763 bits per heavy atom. The SMILES string of the molecule is Cc1cc(N)c2ccccc2c1Oc1ncccc1-c1ccnc(N[C@H]2C[C@H](F)CN(C(=O)OC(C)(C)C)C2)n1.Cc1cc(NS(=O)(=O)C2CCC2)c2ccccc2c1Oc1ncccc1-c1ccnc(N[C@@H]2CNC[C@@H](F)C2)n1.Cc1cc(NS(=O)(=O)C2CCC2)c2ccccc2c1Oc1ncccc1-c1ccnc(N[C@H]2C[C@H](F)CN(C(=O)OC(C)(C)C)C2)n1.O=S(=O)(Cl)C1CCC1. The number of nitrogens with two attached hydrogens (primary N) is 1. The highest BCUT2D eigenvalue weighted by Gasteiger charge is 2.38. The van der Waals surface area contributed by atoms with Gasteiger partial charge in [-0.25, -0.2) is 92.9 Å². The van der Waals surface area contributed by atoms with Gasteiger partial charge >= 0.3 is 12.2 Å². The van der Waals surface area contributed by atoms with Gasteiger partial charge in [0.2, 0.25) is 64.6 Å². The molecule has 6 fully saturated rings. The van der Waals surface area contributed by atoms with E-state index in [1.165, 1.54) is 9.80 Å². The number of halogens is 4. The first-order chi connectivity index (χ1) is 64.4. The third-order valence-corrected chi connectivity index (χ3v) is 29.3. The standard InChI is InChI=1S/C34H39FN6O5S.C30H33FN6O3.C29H31FN6O3S.C4H7ClO2S/c1-21-17-29(40-47(43,44)24-9-7-10-24)25-11-5-6-12-26(25)30(21)45-31-27(13-8-15-36-31)28-14-16-37-32(39-28)38-23-18-22(35)19-41(20-23)33(42)46-34(2,3)4;1-18-14-24(32)21-8-5-6-9-22(21)26(18)39-27-23(10-7-12-33-27)25-11-13-34-28(36-25)35-20-15-19(31)16-37(17-20)29(38)40-30(2,3)4;1-18-14-26(36-40(37,38)21-6-4-7-21)22-8-2-3-9-23(22)27(18)39-28-24(10-5-12-32-28)25-11-13-33-29(35-25)34-20-15-19(30)16-31-17-20;5-8(6,7)4-2-1-3-4/h5-6,8,11-17,22-24,40H,7,9-10,18-20H2,1-4H3,(H,37,38,39);5-14,19-20H,15-17,32H2,1-4H3,(H,34,35,36);2-3,5,8-14,19-21,31,36H,4,6-7,15-17H2,1H3,(H,33,34,35);4H,1-3H2/t22-,23-;2*19-,20-;/m000./s1. The molecule has 712 valence electrons. The zero-order chi connectivity index (χ0) is 95.7. The van der Waals surface area contributed by atoms with E-state index in [0.29, 0.717) is 148 Å². The highest BCUT2D eigenvalue weighted by molar-refractivity contribution is 8.14. The molecule has 0 unspecified atom stereocenters. The summed E-state index contributed by atoms with van der Waals surface area (Å²) < 4.78 is 151. The van der Waals surface area contributed by atoms with Gasteiger partial charge in [-0.05, 0) is 190 Å². The molecule has 6 aliphatic rings. The summed E-state index contributed by atoms with van der Waals surface area (Å²) in [6.07, 6.45) is 13.2. The van der Waals surface area contributed by atoms with Crippen LogP contribution >= 0.6 is 10.7 Å². The molecule has 9 heterocycles. The average Bonchev–Trinajstić information content (AvgIpc) is 0.768. The topological polar surface area (TPSA) is 403 Å². The maximum atomic E-state index is 14.7. The summed E-state index contributed by atoms with van der Waals surface area (Å²) in [6.45, 7) is 17.8. The van der Waals surface area contributed by atoms with Gasteiger partial charge in [-0.1, -0.05) is 92.1 Å². The van der Waals surface area contributed by atoms with E-state index in [9.17, 15) is 48.0 Å². The molecule has 3 aliphatic carbocycles. The van der Waals surface area contributed by atoms with Gasteiger partial charge in [-0.3, -0.25) is 9.44 Å². The number of aromatic nitrogens is 9. The molecular weight excluding hydrogens is 1810 g/mol. The zero-order valence-electron chi connectivity index (χ0n) is 76.3. The van der Waals surface area contributed by atoms with E-state index < -0.39 is 77.0 Å². The molecular formula is C97H110ClF3N18O13S3. The van der Waals surface area contributed by atoms with Crippen molar-refractivity contribution in [3.05, 3.63) is 199 Å². The highest BCUT2D eigenvalue weighted by Crippen LogP contribution is 2.45. The van der Waals surface area contributed by atoms with Gasteiger partial charge < -0.3 is 60.5 Å². The number of amides is 2. The Morgan fingerprint density at radius 1 is 0.422 bits per heavy atom. The summed E-state index contributed by atoms with van der Waals surface area (Å²) in [6, 6.07) is 43.6. The Bertz CT molecular complexity index is 6680. The number of rotatable bonds is 22. The van der Waals surface area contributed by atoms with Crippen LogP contribution in [0.1, 0.15) is 135 Å². The zero-order valence-corrected chi connectivity index (χ0v) is 79.5. The molecule has 3 saturated heterocycles. The molecule has 0 bridgehead atoms. The molecule has 31 nitrogen and oxygen atoms in total. The lowest BCUT2D eigenvalue weighted by Gasteiger charge is -2.36. The molecule has 18 rings (SSSR count). The van der Waals surface area contributed by atoms with E-state index in [2.05, 4.69) is 75.6 Å². The van der Waals surface area contributed by atoms with Crippen LogP contribution in [-0.4, -0.2) is 195 Å². The van der Waals surface area contributed by atoms with Crippen molar-refractivity contribution in [2.24, 2.45) is 0 Å². The number of piperidine rings is 3. The number of pyridine rings is 3. The number of aryl methyl sites for hydroxylation is 3. The number of hydrogen-bond acceptors (Lipinski definition) is 27. The average molecular weight is 1920 g/mol. The van der Waals surface area contributed by atoms with E-state index in [-0.39, 0.29) is 72.8 Å². The molecule has 8 N–H and O–H groups in total. The number of nitrogens with one attached hydrogen (secondary N) is 6. The number of ether oxygens (including phenoxy) is 5. The Labute approximate surface area is 787 Å². The number of sulfonamides is 2. The van der Waals surface area contributed by atoms with Crippen LogP contribution in [0.15, 0.2) is 183 Å². The number of likely N-dealkylation sites (tertiary alicyclic amines) is 2. The predicted molar refractivity (Wildman–Crippen MR) is 519 cm³/mol. The second kappa shape index (κ2) is 41.7. The van der Waals surface area contributed by atoms with Crippen LogP contribution in [0, 0.1) is 20.8 Å². The van der Waals surface area contributed by atoms with Gasteiger partial charge in [-0.15, -0.1) is 0 Å². The number of nitrogen functional groups attached to an aromatic ring is 1. The molecule has 3 aliphatic heterocycles. The smallest absolute Gasteiger partial charge is 0.410 e. The molecule has 6 aromatic carbocycles. The van der Waals surface area contributed by atoms with Crippen molar-refractivity contribution in [3.63, 3.8) is 0 Å². The summed E-state index contributed by atoms with van der Waals surface area (Å²) in [4.78, 5) is 68.5. The maximum Gasteiger partial charge on any atom is 0.410 e.